The van der Waals surface area contributed by atoms with Gasteiger partial charge in [0.15, 0.2) is 16.6 Å². The van der Waals surface area contributed by atoms with Crippen LogP contribution in [0.25, 0.3) is 0 Å². The summed E-state index contributed by atoms with van der Waals surface area (Å²) in [6.07, 6.45) is 1.68. The van der Waals surface area contributed by atoms with Gasteiger partial charge in [0, 0.05) is 11.9 Å². The molecule has 2 rings (SSSR count). The van der Waals surface area contributed by atoms with E-state index in [0.717, 1.165) is 12.4 Å². The van der Waals surface area contributed by atoms with E-state index >= 15 is 0 Å². The predicted octanol–water partition coefficient (Wildman–Crippen LogP) is 1.15. The van der Waals surface area contributed by atoms with Gasteiger partial charge in [0.1, 0.15) is 6.33 Å². The summed E-state index contributed by atoms with van der Waals surface area (Å²) < 4.78 is 6.52. The van der Waals surface area contributed by atoms with E-state index in [4.69, 9.17) is 0 Å². The Morgan fingerprint density at radius 1 is 1.61 bits per heavy atom. The van der Waals surface area contributed by atoms with Gasteiger partial charge in [-0.3, -0.25) is 0 Å². The number of aromatic nitrogens is 4. The van der Waals surface area contributed by atoms with E-state index in [1.165, 1.54) is 18.4 Å². The third-order valence-corrected chi connectivity index (χ3v) is 3.13. The van der Waals surface area contributed by atoms with Crippen LogP contribution in [-0.2, 0) is 17.8 Å². The van der Waals surface area contributed by atoms with Gasteiger partial charge in [0.2, 0.25) is 0 Å². The second kappa shape index (κ2) is 5.58. The maximum absolute atomic E-state index is 11.2. The molecule has 0 saturated heterocycles. The standard InChI is InChI=1S/C10H13N5O2S/c1-3-15-6-12-14-8(15)4-11-10-13-7(5-18-10)9(16)17-2/h5-6H,3-4H2,1-2H3,(H,11,13). The lowest BCUT2D eigenvalue weighted by Crippen LogP contribution is -2.08. The fraction of sp³-hybridized carbons (Fsp3) is 0.400. The monoisotopic (exact) mass is 267 g/mol. The normalized spacial score (nSPS) is 10.3. The number of carbonyl (C=O) groups excluding carboxylic acids is 1. The van der Waals surface area contributed by atoms with E-state index in [0.29, 0.717) is 17.4 Å². The lowest BCUT2D eigenvalue weighted by molar-refractivity contribution is 0.0595. The topological polar surface area (TPSA) is 81.9 Å². The van der Waals surface area contributed by atoms with Gasteiger partial charge in [0.25, 0.3) is 0 Å². The summed E-state index contributed by atoms with van der Waals surface area (Å²) in [4.78, 5) is 15.3. The fourth-order valence-electron chi connectivity index (χ4n) is 1.39. The number of nitrogens with zero attached hydrogens (tertiary/aromatic N) is 4. The highest BCUT2D eigenvalue weighted by Crippen LogP contribution is 2.16. The average Bonchev–Trinajstić information content (AvgIpc) is 3.03. The predicted molar refractivity (Wildman–Crippen MR) is 66.5 cm³/mol. The first-order valence-corrected chi connectivity index (χ1v) is 6.27. The van der Waals surface area contributed by atoms with E-state index in [1.54, 1.807) is 11.7 Å². The van der Waals surface area contributed by atoms with Crippen molar-refractivity contribution in [1.82, 2.24) is 19.7 Å². The smallest absolute Gasteiger partial charge is 0.357 e. The minimum absolute atomic E-state index is 0.307. The molecule has 0 spiro atoms. The second-order valence-electron chi connectivity index (χ2n) is 3.42. The number of methoxy groups -OCH3 is 1. The second-order valence-corrected chi connectivity index (χ2v) is 4.27. The molecule has 0 saturated carbocycles. The lowest BCUT2D eigenvalue weighted by atomic mass is 10.5. The van der Waals surface area contributed by atoms with E-state index in [2.05, 4.69) is 25.2 Å². The zero-order valence-electron chi connectivity index (χ0n) is 10.1. The van der Waals surface area contributed by atoms with Gasteiger partial charge in [-0.05, 0) is 6.92 Å². The fourth-order valence-corrected chi connectivity index (χ4v) is 2.07. The summed E-state index contributed by atoms with van der Waals surface area (Å²) >= 11 is 1.35. The number of ether oxygens (including phenoxy) is 1. The van der Waals surface area contributed by atoms with Crippen LogP contribution < -0.4 is 5.32 Å². The molecule has 0 fully saturated rings. The lowest BCUT2D eigenvalue weighted by Gasteiger charge is -2.03. The number of hydrogen-bond acceptors (Lipinski definition) is 7. The molecule has 2 heterocycles. The van der Waals surface area contributed by atoms with Crippen molar-refractivity contribution in [2.75, 3.05) is 12.4 Å². The van der Waals surface area contributed by atoms with Crippen LogP contribution in [0.3, 0.4) is 0 Å². The van der Waals surface area contributed by atoms with Crippen LogP contribution in [0.1, 0.15) is 23.2 Å². The summed E-state index contributed by atoms with van der Waals surface area (Å²) in [6.45, 7) is 3.35. The van der Waals surface area contributed by atoms with E-state index < -0.39 is 5.97 Å². The quantitative estimate of drug-likeness (QED) is 0.818. The van der Waals surface area contributed by atoms with Crippen LogP contribution in [0.5, 0.6) is 0 Å². The number of aryl methyl sites for hydroxylation is 1. The largest absolute Gasteiger partial charge is 0.464 e. The molecular formula is C10H13N5O2S. The summed E-state index contributed by atoms with van der Waals surface area (Å²) in [7, 11) is 1.33. The number of anilines is 1. The molecule has 0 atom stereocenters. The van der Waals surface area contributed by atoms with Gasteiger partial charge in [0.05, 0.1) is 13.7 Å². The Kier molecular flexibility index (Phi) is 3.88. The van der Waals surface area contributed by atoms with Crippen molar-refractivity contribution in [1.29, 1.82) is 0 Å². The van der Waals surface area contributed by atoms with Crippen molar-refractivity contribution in [2.45, 2.75) is 20.0 Å². The Bertz CT molecular complexity index is 536. The maximum atomic E-state index is 11.2. The summed E-state index contributed by atoms with van der Waals surface area (Å²) in [6, 6.07) is 0. The van der Waals surface area contributed by atoms with Crippen LogP contribution in [0.4, 0.5) is 5.13 Å². The molecule has 7 nitrogen and oxygen atoms in total. The van der Waals surface area contributed by atoms with E-state index in [1.807, 2.05) is 11.5 Å². The zero-order chi connectivity index (χ0) is 13.0. The van der Waals surface area contributed by atoms with Gasteiger partial charge in [-0.1, -0.05) is 0 Å². The van der Waals surface area contributed by atoms with Gasteiger partial charge < -0.3 is 14.6 Å². The highest BCUT2D eigenvalue weighted by atomic mass is 32.1. The summed E-state index contributed by atoms with van der Waals surface area (Å²) in [5.74, 6) is 0.392. The molecule has 0 aliphatic rings. The van der Waals surface area contributed by atoms with Gasteiger partial charge in [-0.15, -0.1) is 21.5 Å². The molecule has 2 aromatic heterocycles. The van der Waals surface area contributed by atoms with Crippen molar-refractivity contribution >= 4 is 22.4 Å². The highest BCUT2D eigenvalue weighted by molar-refractivity contribution is 7.13. The van der Waals surface area contributed by atoms with Crippen LogP contribution in [0.2, 0.25) is 0 Å². The first-order chi connectivity index (χ1) is 8.74. The third kappa shape index (κ3) is 2.65. The van der Waals surface area contributed by atoms with Gasteiger partial charge >= 0.3 is 5.97 Å². The first kappa shape index (κ1) is 12.5. The van der Waals surface area contributed by atoms with E-state index in [9.17, 15) is 4.79 Å². The SMILES string of the molecule is CCn1cnnc1CNc1nc(C(=O)OC)cs1. The van der Waals surface area contributed by atoms with Crippen molar-refractivity contribution < 1.29 is 9.53 Å². The van der Waals surface area contributed by atoms with Gasteiger partial charge in [-0.2, -0.15) is 0 Å². The summed E-state index contributed by atoms with van der Waals surface area (Å²) in [5.41, 5.74) is 0.307. The number of hydrogen-bond donors (Lipinski definition) is 1. The maximum Gasteiger partial charge on any atom is 0.357 e. The molecule has 0 aliphatic carbocycles. The minimum atomic E-state index is -0.434. The number of carbonyl (C=O) groups is 1. The van der Waals surface area contributed by atoms with Gasteiger partial charge in [-0.25, -0.2) is 9.78 Å². The van der Waals surface area contributed by atoms with Crippen molar-refractivity contribution in [3.63, 3.8) is 0 Å². The molecule has 0 unspecified atom stereocenters. The Hall–Kier alpha value is -1.96. The Labute approximate surface area is 108 Å². The number of thiazole rings is 1. The third-order valence-electron chi connectivity index (χ3n) is 2.33. The Balaban J connectivity index is 1.98. The minimum Gasteiger partial charge on any atom is -0.464 e. The Morgan fingerprint density at radius 3 is 3.17 bits per heavy atom. The van der Waals surface area contributed by atoms with Crippen molar-refractivity contribution in [2.24, 2.45) is 0 Å². The van der Waals surface area contributed by atoms with Crippen LogP contribution in [-0.4, -0.2) is 32.8 Å². The molecule has 2 aromatic rings. The van der Waals surface area contributed by atoms with E-state index in [-0.39, 0.29) is 0 Å². The Morgan fingerprint density at radius 2 is 2.44 bits per heavy atom. The van der Waals surface area contributed by atoms with Crippen LogP contribution in [0, 0.1) is 0 Å². The highest BCUT2D eigenvalue weighted by Gasteiger charge is 2.11. The summed E-state index contributed by atoms with van der Waals surface area (Å²) in [5, 5.41) is 13.2. The number of esters is 1. The molecule has 0 aliphatic heterocycles. The van der Waals surface area contributed by atoms with Crippen LogP contribution >= 0.6 is 11.3 Å². The first-order valence-electron chi connectivity index (χ1n) is 5.39. The molecule has 0 amide bonds. The molecule has 0 bridgehead atoms. The molecule has 1 N–H and O–H groups in total. The van der Waals surface area contributed by atoms with Crippen LogP contribution in [0.15, 0.2) is 11.7 Å². The zero-order valence-corrected chi connectivity index (χ0v) is 10.9. The molecule has 0 aromatic carbocycles. The molecule has 96 valence electrons. The molecule has 18 heavy (non-hydrogen) atoms. The molecular weight excluding hydrogens is 254 g/mol. The number of rotatable bonds is 5. The molecule has 0 radical (unpaired) electrons. The average molecular weight is 267 g/mol. The number of nitrogens with one attached hydrogen (secondary N) is 1. The van der Waals surface area contributed by atoms with Crippen molar-refractivity contribution in [3.8, 4) is 0 Å². The molecule has 8 heteroatoms. The van der Waals surface area contributed by atoms with Crippen molar-refractivity contribution in [3.05, 3.63) is 23.2 Å².